The molecule has 0 fully saturated rings. The van der Waals surface area contributed by atoms with Crippen LogP contribution in [-0.4, -0.2) is 27.0 Å². The standard InChI is InChI=1S/C20H21NO2/c1-21(2)18-11-7-16(8-12-18)9-13-19(22)14-10-17-5-4-6-20(15-17)23-3/h4-15H,1-3H3/b13-9+,14-10+. The zero-order chi connectivity index (χ0) is 16.7. The topological polar surface area (TPSA) is 29.5 Å². The van der Waals surface area contributed by atoms with Gasteiger partial charge in [-0.15, -0.1) is 0 Å². The molecule has 0 N–H and O–H groups in total. The van der Waals surface area contributed by atoms with Crippen molar-refractivity contribution in [1.29, 1.82) is 0 Å². The Bertz CT molecular complexity index is 713. The summed E-state index contributed by atoms with van der Waals surface area (Å²) in [6, 6.07) is 15.6. The van der Waals surface area contributed by atoms with Gasteiger partial charge in [0.2, 0.25) is 0 Å². The minimum Gasteiger partial charge on any atom is -0.497 e. The Kier molecular flexibility index (Phi) is 5.75. The number of anilines is 1. The second-order valence-electron chi connectivity index (χ2n) is 5.33. The molecule has 2 rings (SSSR count). The Hall–Kier alpha value is -2.81. The molecule has 118 valence electrons. The van der Waals surface area contributed by atoms with Crippen LogP contribution >= 0.6 is 0 Å². The molecule has 3 heteroatoms. The van der Waals surface area contributed by atoms with E-state index in [4.69, 9.17) is 4.74 Å². The number of carbonyl (C=O) groups is 1. The van der Waals surface area contributed by atoms with E-state index in [1.807, 2.05) is 73.6 Å². The van der Waals surface area contributed by atoms with Crippen molar-refractivity contribution in [3.05, 3.63) is 71.8 Å². The SMILES string of the molecule is COc1cccc(/C=C/C(=O)/C=C/c2ccc(N(C)C)cc2)c1. The van der Waals surface area contributed by atoms with E-state index in [0.29, 0.717) is 0 Å². The fourth-order valence-corrected chi connectivity index (χ4v) is 2.04. The molecule has 23 heavy (non-hydrogen) atoms. The lowest BCUT2D eigenvalue weighted by atomic mass is 10.1. The number of hydrogen-bond donors (Lipinski definition) is 0. The van der Waals surface area contributed by atoms with E-state index in [0.717, 1.165) is 22.6 Å². The minimum absolute atomic E-state index is 0.0514. The second kappa shape index (κ2) is 7.99. The van der Waals surface area contributed by atoms with E-state index in [2.05, 4.69) is 0 Å². The molecule has 0 aromatic heterocycles. The van der Waals surface area contributed by atoms with Crippen LogP contribution in [0.15, 0.2) is 60.7 Å². The highest BCUT2D eigenvalue weighted by Crippen LogP contribution is 2.14. The first-order valence-electron chi connectivity index (χ1n) is 7.40. The van der Waals surface area contributed by atoms with E-state index >= 15 is 0 Å². The molecule has 0 spiro atoms. The van der Waals surface area contributed by atoms with Gasteiger partial charge in [-0.2, -0.15) is 0 Å². The van der Waals surface area contributed by atoms with Gasteiger partial charge >= 0.3 is 0 Å². The zero-order valence-electron chi connectivity index (χ0n) is 13.7. The molecular weight excluding hydrogens is 286 g/mol. The summed E-state index contributed by atoms with van der Waals surface area (Å²) in [5.74, 6) is 0.723. The second-order valence-corrected chi connectivity index (χ2v) is 5.33. The predicted octanol–water partition coefficient (Wildman–Crippen LogP) is 4.06. The summed E-state index contributed by atoms with van der Waals surface area (Å²) in [7, 11) is 5.62. The van der Waals surface area contributed by atoms with Crippen molar-refractivity contribution in [3.63, 3.8) is 0 Å². The Balaban J connectivity index is 1.99. The molecule has 0 aliphatic carbocycles. The highest BCUT2D eigenvalue weighted by Gasteiger charge is 1.96. The van der Waals surface area contributed by atoms with Crippen LogP contribution in [0.4, 0.5) is 5.69 Å². The lowest BCUT2D eigenvalue weighted by Gasteiger charge is -2.11. The van der Waals surface area contributed by atoms with Crippen molar-refractivity contribution in [1.82, 2.24) is 0 Å². The maximum absolute atomic E-state index is 11.9. The molecule has 2 aromatic rings. The minimum atomic E-state index is -0.0514. The predicted molar refractivity (Wildman–Crippen MR) is 96.8 cm³/mol. The lowest BCUT2D eigenvalue weighted by Crippen LogP contribution is -2.07. The molecule has 0 aliphatic heterocycles. The van der Waals surface area contributed by atoms with Crippen molar-refractivity contribution in [2.24, 2.45) is 0 Å². The summed E-state index contributed by atoms with van der Waals surface area (Å²) in [4.78, 5) is 13.9. The van der Waals surface area contributed by atoms with Crippen molar-refractivity contribution in [2.75, 3.05) is 26.1 Å². The molecule has 0 aliphatic rings. The molecular formula is C20H21NO2. The third-order valence-corrected chi connectivity index (χ3v) is 3.38. The van der Waals surface area contributed by atoms with Crippen LogP contribution in [0, 0.1) is 0 Å². The van der Waals surface area contributed by atoms with Crippen molar-refractivity contribution < 1.29 is 9.53 Å². The van der Waals surface area contributed by atoms with Crippen molar-refractivity contribution in [2.45, 2.75) is 0 Å². The fourth-order valence-electron chi connectivity index (χ4n) is 2.04. The third-order valence-electron chi connectivity index (χ3n) is 3.38. The van der Waals surface area contributed by atoms with E-state index in [1.54, 1.807) is 25.3 Å². The van der Waals surface area contributed by atoms with Gasteiger partial charge in [-0.05, 0) is 47.5 Å². The van der Waals surface area contributed by atoms with Gasteiger partial charge in [-0.25, -0.2) is 0 Å². The molecule has 0 saturated carbocycles. The van der Waals surface area contributed by atoms with E-state index in [-0.39, 0.29) is 5.78 Å². The van der Waals surface area contributed by atoms with Crippen LogP contribution in [0.3, 0.4) is 0 Å². The normalized spacial score (nSPS) is 11.1. The van der Waals surface area contributed by atoms with Crippen LogP contribution in [0.25, 0.3) is 12.2 Å². The van der Waals surface area contributed by atoms with Gasteiger partial charge in [0.15, 0.2) is 5.78 Å². The average molecular weight is 307 g/mol. The summed E-state index contributed by atoms with van der Waals surface area (Å²) in [5.41, 5.74) is 3.06. The summed E-state index contributed by atoms with van der Waals surface area (Å²) in [5, 5.41) is 0. The monoisotopic (exact) mass is 307 g/mol. The Morgan fingerprint density at radius 2 is 1.61 bits per heavy atom. The molecule has 0 radical (unpaired) electrons. The smallest absolute Gasteiger partial charge is 0.178 e. The highest BCUT2D eigenvalue weighted by molar-refractivity contribution is 6.04. The van der Waals surface area contributed by atoms with Crippen LogP contribution in [0.5, 0.6) is 5.75 Å². The quantitative estimate of drug-likeness (QED) is 0.754. The Morgan fingerprint density at radius 3 is 2.22 bits per heavy atom. The third kappa shape index (κ3) is 5.15. The number of methoxy groups -OCH3 is 1. The van der Waals surface area contributed by atoms with Gasteiger partial charge < -0.3 is 9.64 Å². The summed E-state index contributed by atoms with van der Waals surface area (Å²) < 4.78 is 5.16. The number of nitrogens with zero attached hydrogens (tertiary/aromatic N) is 1. The van der Waals surface area contributed by atoms with Crippen LogP contribution in [0.2, 0.25) is 0 Å². The first kappa shape index (κ1) is 16.6. The van der Waals surface area contributed by atoms with Gasteiger partial charge in [0.25, 0.3) is 0 Å². The number of benzene rings is 2. The average Bonchev–Trinajstić information content (AvgIpc) is 2.58. The number of allylic oxidation sites excluding steroid dienone is 2. The van der Waals surface area contributed by atoms with E-state index < -0.39 is 0 Å². The van der Waals surface area contributed by atoms with Gasteiger partial charge in [0, 0.05) is 19.8 Å². The molecule has 0 heterocycles. The lowest BCUT2D eigenvalue weighted by molar-refractivity contribution is -0.110. The zero-order valence-corrected chi connectivity index (χ0v) is 13.7. The largest absolute Gasteiger partial charge is 0.497 e. The summed E-state index contributed by atoms with van der Waals surface area (Å²) in [6.45, 7) is 0. The first-order chi connectivity index (χ1) is 11.1. The summed E-state index contributed by atoms with van der Waals surface area (Å²) >= 11 is 0. The molecule has 0 bridgehead atoms. The van der Waals surface area contributed by atoms with Gasteiger partial charge in [0.1, 0.15) is 5.75 Å². The van der Waals surface area contributed by atoms with Crippen molar-refractivity contribution in [3.8, 4) is 5.75 Å². The highest BCUT2D eigenvalue weighted by atomic mass is 16.5. The van der Waals surface area contributed by atoms with Gasteiger partial charge in [-0.1, -0.05) is 36.4 Å². The molecule has 0 amide bonds. The Morgan fingerprint density at radius 1 is 0.957 bits per heavy atom. The summed E-state index contributed by atoms with van der Waals surface area (Å²) in [6.07, 6.45) is 6.73. The molecule has 0 unspecified atom stereocenters. The maximum Gasteiger partial charge on any atom is 0.178 e. The van der Waals surface area contributed by atoms with Gasteiger partial charge in [0.05, 0.1) is 7.11 Å². The fraction of sp³-hybridized carbons (Fsp3) is 0.150. The molecule has 2 aromatic carbocycles. The number of hydrogen-bond acceptors (Lipinski definition) is 3. The number of rotatable bonds is 6. The molecule has 0 atom stereocenters. The van der Waals surface area contributed by atoms with Crippen LogP contribution in [0.1, 0.15) is 11.1 Å². The van der Waals surface area contributed by atoms with E-state index in [9.17, 15) is 4.79 Å². The number of carbonyl (C=O) groups excluding carboxylic acids is 1. The number of ether oxygens (including phenoxy) is 1. The van der Waals surface area contributed by atoms with Gasteiger partial charge in [-0.3, -0.25) is 4.79 Å². The number of ketones is 1. The van der Waals surface area contributed by atoms with Crippen LogP contribution < -0.4 is 9.64 Å². The van der Waals surface area contributed by atoms with Crippen LogP contribution in [-0.2, 0) is 4.79 Å². The maximum atomic E-state index is 11.9. The molecule has 0 saturated heterocycles. The Labute approximate surface area is 137 Å². The van der Waals surface area contributed by atoms with Crippen molar-refractivity contribution >= 4 is 23.6 Å². The van der Waals surface area contributed by atoms with E-state index in [1.165, 1.54) is 0 Å². The molecule has 3 nitrogen and oxygen atoms in total. The first-order valence-corrected chi connectivity index (χ1v) is 7.40.